The lowest BCUT2D eigenvalue weighted by molar-refractivity contribution is 0.0519. The highest BCUT2D eigenvalue weighted by atomic mass is 32.2. The predicted molar refractivity (Wildman–Crippen MR) is 325 cm³/mol. The van der Waals surface area contributed by atoms with Crippen LogP contribution >= 0.6 is 0 Å². The van der Waals surface area contributed by atoms with Crippen molar-refractivity contribution in [2.45, 2.75) is 153 Å². The van der Waals surface area contributed by atoms with Gasteiger partial charge in [0.15, 0.2) is 23.0 Å². The Morgan fingerprint density at radius 1 is 0.630 bits per heavy atom. The molecule has 0 radical (unpaired) electrons. The number of amides is 1. The van der Waals surface area contributed by atoms with Crippen LogP contribution in [-0.4, -0.2) is 82.7 Å². The van der Waals surface area contributed by atoms with E-state index in [9.17, 15) is 18.0 Å². The van der Waals surface area contributed by atoms with Crippen molar-refractivity contribution in [1.82, 2.24) is 23.9 Å². The molecule has 4 atom stereocenters. The average molecular weight is 1160 g/mol. The van der Waals surface area contributed by atoms with Gasteiger partial charge in [0.2, 0.25) is 13.6 Å². The van der Waals surface area contributed by atoms with Gasteiger partial charge in [-0.15, -0.1) is 17.4 Å². The Morgan fingerprint density at radius 3 is 1.48 bits per heavy atom. The SMILES string of the molecule is CCC[C@@H]1c2c(cc(C(=O)NCc3ccc4c(c3)OCO4)nc2-c2ccccc2)CN1[S@](=O)C(C)(C)C.CCC[C@@H]1c2c(cc(C(=O)OCC)nc2-c2ccccc2)CN1[S@](=O)C(C)(C)C.NCc1ccc2c(c1)OCO2.[CH3][Al]([CH3])[CH3]. The summed E-state index contributed by atoms with van der Waals surface area (Å²) in [4.78, 5) is 35.4. The second-order valence-corrected chi connectivity index (χ2v) is 30.6. The van der Waals surface area contributed by atoms with Gasteiger partial charge in [-0.05, 0) is 120 Å². The Kier molecular flexibility index (Phi) is 21.9. The molecule has 0 fully saturated rings. The zero-order chi connectivity index (χ0) is 58.6. The molecular weight excluding hydrogens is 1080 g/mol. The summed E-state index contributed by atoms with van der Waals surface area (Å²) < 4.78 is 56.6. The number of aromatic nitrogens is 2. The van der Waals surface area contributed by atoms with Crippen LogP contribution in [0.25, 0.3) is 22.5 Å². The molecule has 81 heavy (non-hydrogen) atoms. The number of rotatable bonds is 14. The molecule has 0 aliphatic carbocycles. The van der Waals surface area contributed by atoms with Crippen LogP contribution in [-0.2, 0) is 52.9 Å². The Labute approximate surface area is 489 Å². The molecule has 18 heteroatoms. The molecular formula is C63H81AlN6O9S2. The molecule has 15 nitrogen and oxygen atoms in total. The molecule has 6 heterocycles. The van der Waals surface area contributed by atoms with Crippen molar-refractivity contribution in [1.29, 1.82) is 0 Å². The highest BCUT2D eigenvalue weighted by Gasteiger charge is 2.42. The topological polar surface area (TPSA) is 185 Å². The van der Waals surface area contributed by atoms with E-state index in [1.165, 1.54) is 0 Å². The van der Waals surface area contributed by atoms with Gasteiger partial charge < -0.3 is 34.7 Å². The van der Waals surface area contributed by atoms with Crippen molar-refractivity contribution in [3.05, 3.63) is 154 Å². The molecule has 6 aromatic rings. The van der Waals surface area contributed by atoms with Gasteiger partial charge in [0.25, 0.3) is 20.1 Å². The van der Waals surface area contributed by atoms with Crippen LogP contribution in [0.1, 0.15) is 154 Å². The first-order chi connectivity index (χ1) is 38.7. The van der Waals surface area contributed by atoms with E-state index in [1.54, 1.807) is 6.92 Å². The Bertz CT molecular complexity index is 3170. The molecule has 432 valence electrons. The molecule has 10 rings (SSSR count). The number of hydrogen-bond acceptors (Lipinski definition) is 12. The standard InChI is InChI=1S/C29H33N3O4S.C23H30N2O3S.C8H9NO2.3CH3.Al/c1-5-9-23-26-21(17-32(23)37(34)29(2,3)4)15-22(31-27(26)20-10-7-6-8-11-20)28(33)30-16-19-12-13-24-25(14-19)36-18-35-24;1-6-11-19-20-17(15-25(19)29(27)23(3,4)5)14-18(22(26)28-7-2)24-21(20)16-12-9-8-10-13-16;9-4-6-1-2-7-8(3-6)11-5-10-7;;;;/h6-8,10-15,23H,5,9,16-18H2,1-4H3,(H,30,33);8-10,12-14,19H,6-7,11,15H2,1-5H3;1-3H,4-5,9H2;3*1H3;/t23-,37-;19-,29-;;;;;/m11...../s1. The van der Waals surface area contributed by atoms with Gasteiger partial charge in [-0.2, -0.15) is 0 Å². The van der Waals surface area contributed by atoms with E-state index in [-0.39, 0.29) is 48.4 Å². The minimum absolute atomic E-state index is 0.00834. The number of nitrogens with one attached hydrogen (secondary N) is 1. The van der Waals surface area contributed by atoms with E-state index in [0.717, 1.165) is 93.1 Å². The van der Waals surface area contributed by atoms with Crippen molar-refractivity contribution in [3.63, 3.8) is 0 Å². The third-order valence-corrected chi connectivity index (χ3v) is 17.0. The highest BCUT2D eigenvalue weighted by Crippen LogP contribution is 2.46. The molecule has 0 saturated heterocycles. The monoisotopic (exact) mass is 1160 g/mol. The zero-order valence-corrected chi connectivity index (χ0v) is 52.0. The average Bonchev–Trinajstić information content (AvgIpc) is 4.49. The fourth-order valence-electron chi connectivity index (χ4n) is 9.69. The summed E-state index contributed by atoms with van der Waals surface area (Å²) in [6.07, 6.45) is 3.67. The highest BCUT2D eigenvalue weighted by molar-refractivity contribution is 7.84. The number of carbonyl (C=O) groups excluding carboxylic acids is 2. The van der Waals surface area contributed by atoms with E-state index in [4.69, 9.17) is 39.4 Å². The summed E-state index contributed by atoms with van der Waals surface area (Å²) in [5.41, 5.74) is 15.8. The van der Waals surface area contributed by atoms with E-state index in [2.05, 4.69) is 45.1 Å². The Hall–Kier alpha value is -5.97. The summed E-state index contributed by atoms with van der Waals surface area (Å²) in [5.74, 6) is 9.24. The fourth-order valence-corrected chi connectivity index (χ4v) is 12.5. The minimum Gasteiger partial charge on any atom is -0.461 e. The van der Waals surface area contributed by atoms with Crippen LogP contribution in [0.5, 0.6) is 23.0 Å². The Morgan fingerprint density at radius 2 is 1.05 bits per heavy atom. The smallest absolute Gasteiger partial charge is 0.356 e. The third kappa shape index (κ3) is 15.8. The molecule has 0 unspecified atom stereocenters. The molecule has 4 aliphatic heterocycles. The van der Waals surface area contributed by atoms with E-state index >= 15 is 0 Å². The number of carbonyl (C=O) groups is 2. The third-order valence-electron chi connectivity index (χ3n) is 13.3. The van der Waals surface area contributed by atoms with Gasteiger partial charge in [0.05, 0.1) is 39.6 Å². The van der Waals surface area contributed by atoms with E-state index < -0.39 is 27.9 Å². The van der Waals surface area contributed by atoms with Gasteiger partial charge >= 0.3 is 5.97 Å². The quantitative estimate of drug-likeness (QED) is 0.0778. The first kappa shape index (κ1) is 62.6. The van der Waals surface area contributed by atoms with Gasteiger partial charge in [0.1, 0.15) is 33.4 Å². The number of fused-ring (bicyclic) bond motifs is 4. The van der Waals surface area contributed by atoms with Crippen LogP contribution in [0.15, 0.2) is 109 Å². The number of nitrogens with zero attached hydrogens (tertiary/aromatic N) is 4. The maximum atomic E-state index is 13.5. The molecule has 0 saturated carbocycles. The lowest BCUT2D eigenvalue weighted by Gasteiger charge is -2.30. The number of hydrogen-bond donors (Lipinski definition) is 2. The van der Waals surface area contributed by atoms with Crippen LogP contribution in [0.4, 0.5) is 0 Å². The Balaban J connectivity index is 0.000000189. The van der Waals surface area contributed by atoms with E-state index in [0.29, 0.717) is 62.5 Å². The van der Waals surface area contributed by atoms with E-state index in [1.807, 2.05) is 151 Å². The normalized spacial score (nSPS) is 16.5. The van der Waals surface area contributed by atoms with Gasteiger partial charge in [-0.1, -0.05) is 99.5 Å². The van der Waals surface area contributed by atoms with Crippen LogP contribution in [0, 0.1) is 0 Å². The van der Waals surface area contributed by atoms with Crippen LogP contribution in [0.3, 0.4) is 0 Å². The van der Waals surface area contributed by atoms with Crippen LogP contribution < -0.4 is 30.0 Å². The first-order valence-corrected chi connectivity index (χ1v) is 33.8. The molecule has 0 bridgehead atoms. The van der Waals surface area contributed by atoms with Crippen molar-refractivity contribution < 1.29 is 41.7 Å². The molecule has 1 amide bonds. The lowest BCUT2D eigenvalue weighted by atomic mass is 9.95. The predicted octanol–water partition coefficient (Wildman–Crippen LogP) is 12.8. The molecule has 3 N–H and O–H groups in total. The number of ether oxygens (including phenoxy) is 5. The summed E-state index contributed by atoms with van der Waals surface area (Å²) in [7, 11) is -2.36. The lowest BCUT2D eigenvalue weighted by Crippen LogP contribution is -2.36. The number of pyridine rings is 2. The largest absolute Gasteiger partial charge is 0.461 e. The fraction of sp³-hybridized carbons (Fsp3) is 0.429. The second-order valence-electron chi connectivity index (χ2n) is 22.8. The zero-order valence-electron chi connectivity index (χ0n) is 49.3. The number of nitrogens with two attached hydrogens (primary N) is 1. The van der Waals surface area contributed by atoms with Crippen LogP contribution in [0.2, 0.25) is 17.4 Å². The van der Waals surface area contributed by atoms with Gasteiger partial charge in [-0.25, -0.2) is 31.8 Å². The molecule has 4 aromatic carbocycles. The number of benzene rings is 4. The first-order valence-electron chi connectivity index (χ1n) is 28.1. The van der Waals surface area contributed by atoms with Crippen molar-refractivity contribution in [2.24, 2.45) is 5.73 Å². The number of esters is 1. The maximum absolute atomic E-state index is 13.5. The molecule has 0 spiro atoms. The molecule has 4 aliphatic rings. The second kappa shape index (κ2) is 28.3. The summed E-state index contributed by atoms with van der Waals surface area (Å²) >= 11 is -0.139. The van der Waals surface area contributed by atoms with Crippen molar-refractivity contribution in [2.75, 3.05) is 20.2 Å². The van der Waals surface area contributed by atoms with Crippen molar-refractivity contribution >= 4 is 48.0 Å². The van der Waals surface area contributed by atoms with Gasteiger partial charge in [-0.3, -0.25) is 4.79 Å². The summed E-state index contributed by atoms with van der Waals surface area (Å²) in [6.45, 7) is 20.8. The van der Waals surface area contributed by atoms with Crippen molar-refractivity contribution in [3.8, 4) is 45.5 Å². The maximum Gasteiger partial charge on any atom is 0.356 e. The minimum atomic E-state index is -1.20. The van der Waals surface area contributed by atoms with Gasteiger partial charge in [0, 0.05) is 48.4 Å². The summed E-state index contributed by atoms with van der Waals surface area (Å²) in [6, 6.07) is 34.9. The molecule has 2 aromatic heterocycles. The summed E-state index contributed by atoms with van der Waals surface area (Å²) in [5, 5.41) is 3.00.